The fourth-order valence-electron chi connectivity index (χ4n) is 1.64. The number of carboxylic acids is 1. The van der Waals surface area contributed by atoms with E-state index in [2.05, 4.69) is 10.6 Å². The second-order valence-electron chi connectivity index (χ2n) is 4.57. The minimum atomic E-state index is -0.776. The smallest absolute Gasteiger partial charge is 0.319 e. The van der Waals surface area contributed by atoms with Gasteiger partial charge in [0.2, 0.25) is 0 Å². The largest absolute Gasteiger partial charge is 0.481 e. The standard InChI is InChI=1S/C14H20N2O3/c1-11(7-8-13(17)18)9-10-15-14(19)16-12-5-3-2-4-6-12/h2-6,11H,7-10H2,1H3,(H,17,18)(H2,15,16,19). The molecule has 1 atom stereocenters. The van der Waals surface area contributed by atoms with Crippen LogP contribution in [0.3, 0.4) is 0 Å². The van der Waals surface area contributed by atoms with Gasteiger partial charge in [0.1, 0.15) is 0 Å². The number of urea groups is 1. The Bertz CT molecular complexity index is 406. The Morgan fingerprint density at radius 2 is 1.89 bits per heavy atom. The van der Waals surface area contributed by atoms with Gasteiger partial charge in [-0.15, -0.1) is 0 Å². The number of benzene rings is 1. The number of anilines is 1. The molecule has 0 saturated carbocycles. The lowest BCUT2D eigenvalue weighted by atomic mass is 10.0. The molecule has 0 aliphatic heterocycles. The lowest BCUT2D eigenvalue weighted by Gasteiger charge is -2.11. The van der Waals surface area contributed by atoms with E-state index in [9.17, 15) is 9.59 Å². The zero-order valence-electron chi connectivity index (χ0n) is 11.1. The van der Waals surface area contributed by atoms with Crippen LogP contribution < -0.4 is 10.6 Å². The van der Waals surface area contributed by atoms with Crippen LogP contribution in [0.5, 0.6) is 0 Å². The van der Waals surface area contributed by atoms with Crippen molar-refractivity contribution < 1.29 is 14.7 Å². The third-order valence-electron chi connectivity index (χ3n) is 2.81. The van der Waals surface area contributed by atoms with Gasteiger partial charge in [-0.3, -0.25) is 4.79 Å². The fraction of sp³-hybridized carbons (Fsp3) is 0.429. The molecule has 19 heavy (non-hydrogen) atoms. The topological polar surface area (TPSA) is 78.4 Å². The van der Waals surface area contributed by atoms with Crippen molar-refractivity contribution >= 4 is 17.7 Å². The highest BCUT2D eigenvalue weighted by Crippen LogP contribution is 2.09. The number of rotatable bonds is 7. The van der Waals surface area contributed by atoms with Gasteiger partial charge < -0.3 is 15.7 Å². The van der Waals surface area contributed by atoms with Gasteiger partial charge in [-0.25, -0.2) is 4.79 Å². The van der Waals surface area contributed by atoms with E-state index in [1.165, 1.54) is 0 Å². The first-order valence-electron chi connectivity index (χ1n) is 6.39. The SMILES string of the molecule is CC(CCNC(=O)Nc1ccccc1)CCC(=O)O. The zero-order valence-corrected chi connectivity index (χ0v) is 11.1. The Balaban J connectivity index is 2.15. The van der Waals surface area contributed by atoms with Crippen molar-refractivity contribution in [2.24, 2.45) is 5.92 Å². The monoisotopic (exact) mass is 264 g/mol. The first-order valence-corrected chi connectivity index (χ1v) is 6.39. The highest BCUT2D eigenvalue weighted by molar-refractivity contribution is 5.89. The van der Waals surface area contributed by atoms with Crippen molar-refractivity contribution in [3.05, 3.63) is 30.3 Å². The van der Waals surface area contributed by atoms with Gasteiger partial charge in [0.25, 0.3) is 0 Å². The number of amides is 2. The Labute approximate surface area is 113 Å². The summed E-state index contributed by atoms with van der Waals surface area (Å²) in [5.41, 5.74) is 0.749. The summed E-state index contributed by atoms with van der Waals surface area (Å²) in [6.45, 7) is 2.53. The van der Waals surface area contributed by atoms with Crippen LogP contribution in [0.25, 0.3) is 0 Å². The van der Waals surface area contributed by atoms with Crippen LogP contribution in [0.2, 0.25) is 0 Å². The summed E-state index contributed by atoms with van der Waals surface area (Å²) in [6.07, 6.45) is 1.59. The molecular formula is C14H20N2O3. The summed E-state index contributed by atoms with van der Waals surface area (Å²) in [7, 11) is 0. The summed E-state index contributed by atoms with van der Waals surface area (Å²) >= 11 is 0. The Hall–Kier alpha value is -2.04. The number of carbonyl (C=O) groups excluding carboxylic acids is 1. The van der Waals surface area contributed by atoms with Crippen molar-refractivity contribution in [2.75, 3.05) is 11.9 Å². The molecule has 0 saturated heterocycles. The number of carboxylic acid groups (broad SMARTS) is 1. The molecule has 0 spiro atoms. The molecule has 3 N–H and O–H groups in total. The molecule has 1 aromatic carbocycles. The van der Waals surface area contributed by atoms with Crippen LogP contribution in [-0.2, 0) is 4.79 Å². The predicted molar refractivity (Wildman–Crippen MR) is 74.1 cm³/mol. The van der Waals surface area contributed by atoms with Crippen molar-refractivity contribution in [1.82, 2.24) is 5.32 Å². The average Bonchev–Trinajstić information content (AvgIpc) is 2.37. The first-order chi connectivity index (χ1) is 9.08. The van der Waals surface area contributed by atoms with Crippen molar-refractivity contribution in [3.63, 3.8) is 0 Å². The zero-order chi connectivity index (χ0) is 14.1. The van der Waals surface area contributed by atoms with Gasteiger partial charge in [-0.05, 0) is 30.9 Å². The summed E-state index contributed by atoms with van der Waals surface area (Å²) in [6, 6.07) is 8.97. The molecule has 0 bridgehead atoms. The van der Waals surface area contributed by atoms with Crippen LogP contribution in [0.15, 0.2) is 30.3 Å². The average molecular weight is 264 g/mol. The lowest BCUT2D eigenvalue weighted by molar-refractivity contribution is -0.137. The summed E-state index contributed by atoms with van der Waals surface area (Å²) in [5, 5.41) is 14.0. The van der Waals surface area contributed by atoms with E-state index in [1.807, 2.05) is 37.3 Å². The second-order valence-corrected chi connectivity index (χ2v) is 4.57. The van der Waals surface area contributed by atoms with Crippen LogP contribution in [0.1, 0.15) is 26.2 Å². The highest BCUT2D eigenvalue weighted by Gasteiger charge is 2.06. The minimum Gasteiger partial charge on any atom is -0.481 e. The summed E-state index contributed by atoms with van der Waals surface area (Å²) in [5.74, 6) is -0.491. The first kappa shape index (κ1) is 15.0. The lowest BCUT2D eigenvalue weighted by Crippen LogP contribution is -2.30. The Morgan fingerprint density at radius 3 is 2.53 bits per heavy atom. The number of carbonyl (C=O) groups is 2. The summed E-state index contributed by atoms with van der Waals surface area (Å²) < 4.78 is 0. The number of hydrogen-bond acceptors (Lipinski definition) is 2. The molecule has 5 heteroatoms. The molecule has 2 amide bonds. The van der Waals surface area contributed by atoms with Gasteiger partial charge in [0.05, 0.1) is 0 Å². The van der Waals surface area contributed by atoms with E-state index in [4.69, 9.17) is 5.11 Å². The van der Waals surface area contributed by atoms with Gasteiger partial charge in [-0.1, -0.05) is 25.1 Å². The number of aliphatic carboxylic acids is 1. The van der Waals surface area contributed by atoms with E-state index in [0.29, 0.717) is 13.0 Å². The molecule has 1 rings (SSSR count). The van der Waals surface area contributed by atoms with Gasteiger partial charge >= 0.3 is 12.0 Å². The highest BCUT2D eigenvalue weighted by atomic mass is 16.4. The van der Waals surface area contributed by atoms with Gasteiger partial charge in [-0.2, -0.15) is 0 Å². The molecule has 0 aliphatic rings. The van der Waals surface area contributed by atoms with E-state index in [1.54, 1.807) is 0 Å². The second kappa shape index (κ2) is 8.13. The fourth-order valence-corrected chi connectivity index (χ4v) is 1.64. The van der Waals surface area contributed by atoms with E-state index >= 15 is 0 Å². The van der Waals surface area contributed by atoms with E-state index in [-0.39, 0.29) is 18.4 Å². The Morgan fingerprint density at radius 1 is 1.21 bits per heavy atom. The third-order valence-corrected chi connectivity index (χ3v) is 2.81. The van der Waals surface area contributed by atoms with Gasteiger partial charge in [0, 0.05) is 18.7 Å². The molecule has 0 heterocycles. The molecule has 0 radical (unpaired) electrons. The third kappa shape index (κ3) is 7.08. The van der Waals surface area contributed by atoms with E-state index in [0.717, 1.165) is 12.1 Å². The van der Waals surface area contributed by atoms with Gasteiger partial charge in [0.15, 0.2) is 0 Å². The van der Waals surface area contributed by atoms with E-state index < -0.39 is 5.97 Å². The maximum Gasteiger partial charge on any atom is 0.319 e. The molecular weight excluding hydrogens is 244 g/mol. The number of para-hydroxylation sites is 1. The molecule has 1 unspecified atom stereocenters. The summed E-state index contributed by atoms with van der Waals surface area (Å²) in [4.78, 5) is 22.0. The number of hydrogen-bond donors (Lipinski definition) is 3. The van der Waals surface area contributed by atoms with Crippen LogP contribution in [0, 0.1) is 5.92 Å². The van der Waals surface area contributed by atoms with Crippen molar-refractivity contribution in [2.45, 2.75) is 26.2 Å². The molecule has 0 aliphatic carbocycles. The quantitative estimate of drug-likeness (QED) is 0.708. The maximum absolute atomic E-state index is 11.5. The number of nitrogens with one attached hydrogen (secondary N) is 2. The van der Waals surface area contributed by atoms with Crippen LogP contribution in [-0.4, -0.2) is 23.7 Å². The van der Waals surface area contributed by atoms with Crippen molar-refractivity contribution in [1.29, 1.82) is 0 Å². The Kier molecular flexibility index (Phi) is 6.43. The maximum atomic E-state index is 11.5. The molecule has 0 aromatic heterocycles. The normalized spacial score (nSPS) is 11.6. The minimum absolute atomic E-state index is 0.178. The molecule has 1 aromatic rings. The van der Waals surface area contributed by atoms with Crippen LogP contribution in [0.4, 0.5) is 10.5 Å². The van der Waals surface area contributed by atoms with Crippen LogP contribution >= 0.6 is 0 Å². The molecule has 0 fully saturated rings. The molecule has 5 nitrogen and oxygen atoms in total. The van der Waals surface area contributed by atoms with Crippen molar-refractivity contribution in [3.8, 4) is 0 Å². The molecule has 104 valence electrons. The predicted octanol–water partition coefficient (Wildman–Crippen LogP) is 2.70.